The number of carbonyl (C=O) groups is 2. The average molecular weight is 311 g/mol. The highest BCUT2D eigenvalue weighted by Gasteiger charge is 2.17. The average Bonchev–Trinajstić information content (AvgIpc) is 2.57. The molecule has 1 unspecified atom stereocenters. The number of carbonyl (C=O) groups excluding carboxylic acids is 2. The third kappa shape index (κ3) is 4.17. The Morgan fingerprint density at radius 1 is 1.09 bits per heavy atom. The first-order valence-corrected chi connectivity index (χ1v) is 7.45. The quantitative estimate of drug-likeness (QED) is 0.788. The Kier molecular flexibility index (Phi) is 5.49. The van der Waals surface area contributed by atoms with Crippen molar-refractivity contribution >= 4 is 17.5 Å². The Hall–Kier alpha value is -2.66. The molecule has 0 spiro atoms. The van der Waals surface area contributed by atoms with E-state index in [-0.39, 0.29) is 11.8 Å². The molecule has 23 heavy (non-hydrogen) atoms. The molecule has 5 heteroatoms. The van der Waals surface area contributed by atoms with Gasteiger partial charge in [-0.15, -0.1) is 0 Å². The lowest BCUT2D eigenvalue weighted by atomic mass is 10.0. The summed E-state index contributed by atoms with van der Waals surface area (Å²) in [7, 11) is 1.57. The summed E-state index contributed by atoms with van der Waals surface area (Å²) in [4.78, 5) is 24.1. The molecule has 0 bridgehead atoms. The molecular formula is C18H21N3O2. The summed E-state index contributed by atoms with van der Waals surface area (Å²) in [6.45, 7) is 1.79. The number of amides is 2. The molecule has 0 radical (unpaired) electrons. The highest BCUT2D eigenvalue weighted by molar-refractivity contribution is 6.00. The van der Waals surface area contributed by atoms with Crippen LogP contribution in [0.1, 0.15) is 21.5 Å². The van der Waals surface area contributed by atoms with E-state index < -0.39 is 6.04 Å². The maximum atomic E-state index is 12.3. The molecule has 0 saturated carbocycles. The summed E-state index contributed by atoms with van der Waals surface area (Å²) in [5, 5.41) is 5.39. The summed E-state index contributed by atoms with van der Waals surface area (Å²) < 4.78 is 0. The molecule has 2 aromatic carbocycles. The van der Waals surface area contributed by atoms with Crippen LogP contribution in [0.2, 0.25) is 0 Å². The van der Waals surface area contributed by atoms with E-state index in [2.05, 4.69) is 10.6 Å². The molecule has 0 fully saturated rings. The molecule has 0 aliphatic heterocycles. The van der Waals surface area contributed by atoms with Crippen LogP contribution >= 0.6 is 0 Å². The summed E-state index contributed by atoms with van der Waals surface area (Å²) in [5.74, 6) is -0.460. The van der Waals surface area contributed by atoms with Crippen molar-refractivity contribution in [1.82, 2.24) is 5.32 Å². The second-order valence-corrected chi connectivity index (χ2v) is 5.34. The minimum Gasteiger partial charge on any atom is -0.355 e. The molecule has 5 nitrogen and oxygen atoms in total. The first kappa shape index (κ1) is 16.7. The third-order valence-electron chi connectivity index (χ3n) is 3.70. The van der Waals surface area contributed by atoms with Crippen LogP contribution in [0.15, 0.2) is 48.5 Å². The molecule has 2 rings (SSSR count). The SMILES string of the molecule is CNC(=O)c1cccc(NC(=O)C(N)Cc2ccccc2)c1C. The Morgan fingerprint density at radius 2 is 1.78 bits per heavy atom. The van der Waals surface area contributed by atoms with E-state index in [4.69, 9.17) is 5.73 Å². The highest BCUT2D eigenvalue weighted by atomic mass is 16.2. The lowest BCUT2D eigenvalue weighted by Crippen LogP contribution is -2.37. The number of hydrogen-bond acceptors (Lipinski definition) is 3. The van der Waals surface area contributed by atoms with Crippen molar-refractivity contribution in [2.75, 3.05) is 12.4 Å². The van der Waals surface area contributed by atoms with Crippen molar-refractivity contribution < 1.29 is 9.59 Å². The molecule has 2 aromatic rings. The zero-order valence-electron chi connectivity index (χ0n) is 13.3. The van der Waals surface area contributed by atoms with Crippen molar-refractivity contribution in [1.29, 1.82) is 0 Å². The van der Waals surface area contributed by atoms with E-state index in [9.17, 15) is 9.59 Å². The second-order valence-electron chi connectivity index (χ2n) is 5.34. The maximum Gasteiger partial charge on any atom is 0.251 e. The standard InChI is InChI=1S/C18H21N3O2/c1-12-14(17(22)20-2)9-6-10-16(12)21-18(23)15(19)11-13-7-4-3-5-8-13/h3-10,15H,11,19H2,1-2H3,(H,20,22)(H,21,23). The Bertz CT molecular complexity index is 699. The fourth-order valence-electron chi connectivity index (χ4n) is 2.34. The topological polar surface area (TPSA) is 84.2 Å². The van der Waals surface area contributed by atoms with Gasteiger partial charge in [0.25, 0.3) is 5.91 Å². The number of hydrogen-bond donors (Lipinski definition) is 3. The van der Waals surface area contributed by atoms with E-state index in [0.717, 1.165) is 5.56 Å². The smallest absolute Gasteiger partial charge is 0.251 e. The van der Waals surface area contributed by atoms with Gasteiger partial charge in [0.1, 0.15) is 0 Å². The number of anilines is 1. The minimum absolute atomic E-state index is 0.188. The number of benzene rings is 2. The van der Waals surface area contributed by atoms with Crippen LogP contribution in [0, 0.1) is 6.92 Å². The van der Waals surface area contributed by atoms with Crippen molar-refractivity contribution in [3.05, 3.63) is 65.2 Å². The van der Waals surface area contributed by atoms with Gasteiger partial charge < -0.3 is 16.4 Å². The molecule has 4 N–H and O–H groups in total. The lowest BCUT2D eigenvalue weighted by Gasteiger charge is -2.15. The van der Waals surface area contributed by atoms with Gasteiger partial charge in [0, 0.05) is 18.3 Å². The number of rotatable bonds is 5. The zero-order chi connectivity index (χ0) is 16.8. The van der Waals surface area contributed by atoms with Gasteiger partial charge in [0.05, 0.1) is 6.04 Å². The van der Waals surface area contributed by atoms with E-state index in [1.165, 1.54) is 0 Å². The van der Waals surface area contributed by atoms with Gasteiger partial charge in [0.2, 0.25) is 5.91 Å². The predicted molar refractivity (Wildman–Crippen MR) is 91.3 cm³/mol. The van der Waals surface area contributed by atoms with Gasteiger partial charge in [0.15, 0.2) is 0 Å². The molecule has 0 aliphatic carbocycles. The van der Waals surface area contributed by atoms with Crippen LogP contribution in [0.25, 0.3) is 0 Å². The van der Waals surface area contributed by atoms with Gasteiger partial charge in [-0.2, -0.15) is 0 Å². The second kappa shape index (κ2) is 7.56. The van der Waals surface area contributed by atoms with Gasteiger partial charge in [-0.3, -0.25) is 9.59 Å². The van der Waals surface area contributed by atoms with E-state index in [1.54, 1.807) is 32.2 Å². The Labute approximate surface area is 135 Å². The number of nitrogens with one attached hydrogen (secondary N) is 2. The minimum atomic E-state index is -0.652. The van der Waals surface area contributed by atoms with Gasteiger partial charge in [-0.25, -0.2) is 0 Å². The van der Waals surface area contributed by atoms with Gasteiger partial charge >= 0.3 is 0 Å². The molecule has 0 aliphatic rings. The first-order valence-electron chi connectivity index (χ1n) is 7.45. The monoisotopic (exact) mass is 311 g/mol. The molecular weight excluding hydrogens is 290 g/mol. The lowest BCUT2D eigenvalue weighted by molar-refractivity contribution is -0.117. The third-order valence-corrected chi connectivity index (χ3v) is 3.70. The molecule has 0 aromatic heterocycles. The maximum absolute atomic E-state index is 12.3. The van der Waals surface area contributed by atoms with Crippen molar-refractivity contribution in [2.45, 2.75) is 19.4 Å². The molecule has 1 atom stereocenters. The zero-order valence-corrected chi connectivity index (χ0v) is 13.3. The van der Waals surface area contributed by atoms with Crippen LogP contribution in [0.3, 0.4) is 0 Å². The fraction of sp³-hybridized carbons (Fsp3) is 0.222. The summed E-state index contributed by atoms with van der Waals surface area (Å²) in [6, 6.07) is 14.2. The van der Waals surface area contributed by atoms with Crippen LogP contribution in [-0.4, -0.2) is 24.9 Å². The highest BCUT2D eigenvalue weighted by Crippen LogP contribution is 2.19. The van der Waals surface area contributed by atoms with Crippen LogP contribution in [-0.2, 0) is 11.2 Å². The first-order chi connectivity index (χ1) is 11.0. The Morgan fingerprint density at radius 3 is 2.43 bits per heavy atom. The molecule has 0 heterocycles. The molecule has 120 valence electrons. The Balaban J connectivity index is 2.09. The number of nitrogens with two attached hydrogens (primary N) is 1. The van der Waals surface area contributed by atoms with Crippen molar-refractivity contribution in [2.24, 2.45) is 5.73 Å². The molecule has 0 saturated heterocycles. The largest absolute Gasteiger partial charge is 0.355 e. The predicted octanol–water partition coefficient (Wildman–Crippen LogP) is 1.86. The van der Waals surface area contributed by atoms with E-state index in [0.29, 0.717) is 23.2 Å². The summed E-state index contributed by atoms with van der Waals surface area (Å²) in [6.07, 6.45) is 0.459. The van der Waals surface area contributed by atoms with Crippen LogP contribution < -0.4 is 16.4 Å². The van der Waals surface area contributed by atoms with Gasteiger partial charge in [-0.05, 0) is 36.6 Å². The van der Waals surface area contributed by atoms with Crippen molar-refractivity contribution in [3.8, 4) is 0 Å². The fourth-order valence-corrected chi connectivity index (χ4v) is 2.34. The van der Waals surface area contributed by atoms with Gasteiger partial charge in [-0.1, -0.05) is 36.4 Å². The summed E-state index contributed by atoms with van der Waals surface area (Å²) >= 11 is 0. The normalized spacial score (nSPS) is 11.6. The van der Waals surface area contributed by atoms with E-state index >= 15 is 0 Å². The van der Waals surface area contributed by atoms with Crippen molar-refractivity contribution in [3.63, 3.8) is 0 Å². The van der Waals surface area contributed by atoms with Crippen LogP contribution in [0.5, 0.6) is 0 Å². The van der Waals surface area contributed by atoms with E-state index in [1.807, 2.05) is 30.3 Å². The van der Waals surface area contributed by atoms with Crippen LogP contribution in [0.4, 0.5) is 5.69 Å². The summed E-state index contributed by atoms with van der Waals surface area (Å²) in [5.41, 5.74) is 8.83. The molecule has 2 amide bonds.